The van der Waals surface area contributed by atoms with Crippen LogP contribution >= 0.6 is 11.6 Å². The molecule has 20 heavy (non-hydrogen) atoms. The summed E-state index contributed by atoms with van der Waals surface area (Å²) in [5.74, 6) is 0.921. The van der Waals surface area contributed by atoms with Crippen molar-refractivity contribution in [2.75, 3.05) is 14.2 Å². The fourth-order valence-electron chi connectivity index (χ4n) is 2.50. The van der Waals surface area contributed by atoms with Crippen LogP contribution in [0.5, 0.6) is 5.75 Å². The molecule has 0 saturated carbocycles. The number of nitrogens with one attached hydrogen (secondary N) is 1. The smallest absolute Gasteiger partial charge is 0.127 e. The second-order valence-electron chi connectivity index (χ2n) is 4.87. The van der Waals surface area contributed by atoms with Crippen molar-refractivity contribution < 1.29 is 4.74 Å². The van der Waals surface area contributed by atoms with Gasteiger partial charge in [0, 0.05) is 10.6 Å². The van der Waals surface area contributed by atoms with Gasteiger partial charge in [0.25, 0.3) is 0 Å². The number of hydrogen-bond donors (Lipinski definition) is 1. The number of rotatable bonds is 4. The van der Waals surface area contributed by atoms with E-state index in [0.717, 1.165) is 27.5 Å². The van der Waals surface area contributed by atoms with Crippen LogP contribution in [0.4, 0.5) is 0 Å². The Hall–Kier alpha value is -1.51. The number of aryl methyl sites for hydroxylation is 1. The fraction of sp³-hybridized carbons (Fsp3) is 0.294. The summed E-state index contributed by atoms with van der Waals surface area (Å²) in [6.07, 6.45) is 0. The Balaban J connectivity index is 2.59. The Labute approximate surface area is 125 Å². The minimum absolute atomic E-state index is 0.0120. The molecule has 1 atom stereocenters. The first kappa shape index (κ1) is 14.9. The van der Waals surface area contributed by atoms with Crippen molar-refractivity contribution in [3.05, 3.63) is 63.7 Å². The molecule has 0 aliphatic carbocycles. The van der Waals surface area contributed by atoms with Gasteiger partial charge >= 0.3 is 0 Å². The zero-order chi connectivity index (χ0) is 14.7. The molecular weight excluding hydrogens is 270 g/mol. The first-order chi connectivity index (χ1) is 9.60. The third-order valence-electron chi connectivity index (χ3n) is 3.73. The van der Waals surface area contributed by atoms with Gasteiger partial charge in [0.05, 0.1) is 13.2 Å². The van der Waals surface area contributed by atoms with Crippen LogP contribution in [0.2, 0.25) is 5.02 Å². The van der Waals surface area contributed by atoms with Crippen LogP contribution in [0.1, 0.15) is 28.3 Å². The summed E-state index contributed by atoms with van der Waals surface area (Å²) in [6, 6.07) is 12.1. The van der Waals surface area contributed by atoms with E-state index in [0.29, 0.717) is 0 Å². The summed E-state index contributed by atoms with van der Waals surface area (Å²) in [6.45, 7) is 4.17. The second-order valence-corrected chi connectivity index (χ2v) is 5.28. The fourth-order valence-corrected chi connectivity index (χ4v) is 2.74. The van der Waals surface area contributed by atoms with Gasteiger partial charge < -0.3 is 10.1 Å². The predicted octanol–water partition coefficient (Wildman–Crippen LogP) is 4.27. The number of benzene rings is 2. The molecule has 0 aliphatic rings. The van der Waals surface area contributed by atoms with E-state index in [1.807, 2.05) is 31.3 Å². The summed E-state index contributed by atoms with van der Waals surface area (Å²) in [5.41, 5.74) is 4.54. The summed E-state index contributed by atoms with van der Waals surface area (Å²) in [5, 5.41) is 4.09. The van der Waals surface area contributed by atoms with Crippen molar-refractivity contribution in [2.45, 2.75) is 19.9 Å². The molecular formula is C17H20ClNO. The number of methoxy groups -OCH3 is 1. The molecule has 0 amide bonds. The van der Waals surface area contributed by atoms with Crippen molar-refractivity contribution in [1.29, 1.82) is 0 Å². The molecule has 0 heterocycles. The van der Waals surface area contributed by atoms with E-state index in [1.165, 1.54) is 5.56 Å². The highest BCUT2D eigenvalue weighted by Gasteiger charge is 2.20. The Bertz CT molecular complexity index is 610. The lowest BCUT2D eigenvalue weighted by molar-refractivity contribution is 0.402. The molecule has 0 aromatic heterocycles. The van der Waals surface area contributed by atoms with Gasteiger partial charge in [-0.3, -0.25) is 0 Å². The van der Waals surface area contributed by atoms with Crippen LogP contribution in [0.25, 0.3) is 0 Å². The van der Waals surface area contributed by atoms with E-state index in [-0.39, 0.29) is 6.04 Å². The highest BCUT2D eigenvalue weighted by molar-refractivity contribution is 6.31. The van der Waals surface area contributed by atoms with E-state index in [1.54, 1.807) is 7.11 Å². The molecule has 2 rings (SSSR count). The molecule has 0 radical (unpaired) electrons. The quantitative estimate of drug-likeness (QED) is 0.907. The zero-order valence-electron chi connectivity index (χ0n) is 12.3. The summed E-state index contributed by atoms with van der Waals surface area (Å²) >= 11 is 6.33. The minimum atomic E-state index is 0.0120. The lowest BCUT2D eigenvalue weighted by Gasteiger charge is -2.22. The summed E-state index contributed by atoms with van der Waals surface area (Å²) in [4.78, 5) is 0. The van der Waals surface area contributed by atoms with E-state index >= 15 is 0 Å². The van der Waals surface area contributed by atoms with Gasteiger partial charge in [-0.2, -0.15) is 0 Å². The molecule has 0 fully saturated rings. The third kappa shape index (κ3) is 2.67. The van der Waals surface area contributed by atoms with Crippen LogP contribution in [-0.4, -0.2) is 14.2 Å². The highest BCUT2D eigenvalue weighted by atomic mass is 35.5. The van der Waals surface area contributed by atoms with Crippen molar-refractivity contribution in [2.24, 2.45) is 0 Å². The maximum absolute atomic E-state index is 6.33. The largest absolute Gasteiger partial charge is 0.496 e. The van der Waals surface area contributed by atoms with E-state index in [9.17, 15) is 0 Å². The van der Waals surface area contributed by atoms with Gasteiger partial charge in [-0.25, -0.2) is 0 Å². The third-order valence-corrected chi connectivity index (χ3v) is 4.07. The van der Waals surface area contributed by atoms with Gasteiger partial charge in [-0.1, -0.05) is 41.9 Å². The van der Waals surface area contributed by atoms with Crippen molar-refractivity contribution >= 4 is 11.6 Å². The van der Waals surface area contributed by atoms with Gasteiger partial charge in [-0.15, -0.1) is 0 Å². The normalized spacial score (nSPS) is 12.2. The average Bonchev–Trinajstić information content (AvgIpc) is 2.45. The van der Waals surface area contributed by atoms with E-state index < -0.39 is 0 Å². The summed E-state index contributed by atoms with van der Waals surface area (Å²) in [7, 11) is 3.65. The molecule has 0 saturated heterocycles. The molecule has 106 valence electrons. The molecule has 2 aromatic rings. The summed E-state index contributed by atoms with van der Waals surface area (Å²) < 4.78 is 5.62. The van der Waals surface area contributed by atoms with Crippen molar-refractivity contribution in [3.63, 3.8) is 0 Å². The maximum atomic E-state index is 6.33. The maximum Gasteiger partial charge on any atom is 0.127 e. The van der Waals surface area contributed by atoms with Gasteiger partial charge in [0.1, 0.15) is 5.75 Å². The Morgan fingerprint density at radius 3 is 2.35 bits per heavy atom. The van der Waals surface area contributed by atoms with E-state index in [2.05, 4.69) is 31.3 Å². The first-order valence-corrected chi connectivity index (χ1v) is 7.03. The van der Waals surface area contributed by atoms with E-state index in [4.69, 9.17) is 16.3 Å². The Kier molecular flexibility index (Phi) is 4.69. The lowest BCUT2D eigenvalue weighted by Crippen LogP contribution is -2.19. The van der Waals surface area contributed by atoms with Crippen LogP contribution < -0.4 is 10.1 Å². The monoisotopic (exact) mass is 289 g/mol. The average molecular weight is 290 g/mol. The topological polar surface area (TPSA) is 21.3 Å². The highest BCUT2D eigenvalue weighted by Crippen LogP contribution is 2.36. The molecule has 0 aliphatic heterocycles. The Morgan fingerprint density at radius 2 is 1.75 bits per heavy atom. The molecule has 2 nitrogen and oxygen atoms in total. The predicted molar refractivity (Wildman–Crippen MR) is 84.8 cm³/mol. The number of hydrogen-bond acceptors (Lipinski definition) is 2. The van der Waals surface area contributed by atoms with Gasteiger partial charge in [0.15, 0.2) is 0 Å². The van der Waals surface area contributed by atoms with Gasteiger partial charge in [0.2, 0.25) is 0 Å². The SMILES string of the molecule is CNC(c1ccccc1Cl)c1ccc(C)c(C)c1OC. The van der Waals surface area contributed by atoms with Crippen molar-refractivity contribution in [3.8, 4) is 5.75 Å². The number of ether oxygens (including phenoxy) is 1. The standard InChI is InChI=1S/C17H20ClNO/c1-11-9-10-14(17(20-4)12(11)2)16(19-3)13-7-5-6-8-15(13)18/h5-10,16,19H,1-4H3. The van der Waals surface area contributed by atoms with Crippen LogP contribution in [0.3, 0.4) is 0 Å². The van der Waals surface area contributed by atoms with Crippen LogP contribution in [-0.2, 0) is 0 Å². The molecule has 0 bridgehead atoms. The minimum Gasteiger partial charge on any atom is -0.496 e. The molecule has 0 spiro atoms. The van der Waals surface area contributed by atoms with Crippen molar-refractivity contribution in [1.82, 2.24) is 5.32 Å². The molecule has 1 unspecified atom stereocenters. The molecule has 1 N–H and O–H groups in total. The lowest BCUT2D eigenvalue weighted by atomic mass is 9.94. The second kappa shape index (κ2) is 6.29. The number of halogens is 1. The molecule has 2 aromatic carbocycles. The first-order valence-electron chi connectivity index (χ1n) is 6.66. The molecule has 3 heteroatoms. The van der Waals surface area contributed by atoms with Gasteiger partial charge in [-0.05, 0) is 43.7 Å². The Morgan fingerprint density at radius 1 is 1.05 bits per heavy atom. The van der Waals surface area contributed by atoms with Crippen LogP contribution in [0.15, 0.2) is 36.4 Å². The zero-order valence-corrected chi connectivity index (χ0v) is 13.1. The van der Waals surface area contributed by atoms with Crippen LogP contribution in [0, 0.1) is 13.8 Å².